The molecular weight excluding hydrogens is 228 g/mol. The van der Waals surface area contributed by atoms with E-state index in [1.165, 1.54) is 24.0 Å². The van der Waals surface area contributed by atoms with E-state index in [9.17, 15) is 4.21 Å². The van der Waals surface area contributed by atoms with E-state index in [0.717, 1.165) is 16.2 Å². The molecule has 0 aliphatic carbocycles. The predicted octanol–water partition coefficient (Wildman–Crippen LogP) is 4.59. The van der Waals surface area contributed by atoms with Gasteiger partial charge in [-0.3, -0.25) is 0 Å². The molecule has 0 saturated carbocycles. The van der Waals surface area contributed by atoms with Crippen LogP contribution in [0, 0.1) is 6.92 Å². The Kier molecular flexibility index (Phi) is 5.63. The van der Waals surface area contributed by atoms with Crippen molar-refractivity contribution < 1.29 is 4.21 Å². The van der Waals surface area contributed by atoms with Crippen LogP contribution in [0.25, 0.3) is 0 Å². The average Bonchev–Trinajstić information content (AvgIpc) is 2.35. The van der Waals surface area contributed by atoms with Gasteiger partial charge in [0.25, 0.3) is 0 Å². The highest BCUT2D eigenvalue weighted by Gasteiger charge is 2.08. The summed E-state index contributed by atoms with van der Waals surface area (Å²) >= 11 is 0. The van der Waals surface area contributed by atoms with Crippen molar-refractivity contribution in [2.24, 2.45) is 0 Å². The molecule has 0 fully saturated rings. The van der Waals surface area contributed by atoms with E-state index in [-0.39, 0.29) is 0 Å². The fraction of sp³-hybridized carbons (Fsp3) is 0.467. The van der Waals surface area contributed by atoms with Gasteiger partial charge in [0.2, 0.25) is 0 Å². The smallest absolute Gasteiger partial charge is 0.0804 e. The average molecular weight is 250 g/mol. The molecule has 1 rings (SSSR count). The topological polar surface area (TPSA) is 17.1 Å². The summed E-state index contributed by atoms with van der Waals surface area (Å²) in [7, 11) is -0.990. The molecule has 1 aromatic rings. The first kappa shape index (κ1) is 14.2. The molecule has 0 N–H and O–H groups in total. The number of unbranched alkanes of at least 4 members (excludes halogenated alkanes) is 1. The molecule has 1 aromatic carbocycles. The van der Waals surface area contributed by atoms with Crippen LogP contribution in [0.1, 0.15) is 45.6 Å². The quantitative estimate of drug-likeness (QED) is 0.747. The molecule has 94 valence electrons. The van der Waals surface area contributed by atoms with Crippen molar-refractivity contribution in [3.8, 4) is 0 Å². The van der Waals surface area contributed by atoms with Gasteiger partial charge in [0.05, 0.1) is 10.8 Å². The predicted molar refractivity (Wildman–Crippen MR) is 75.5 cm³/mol. The molecule has 0 aromatic heterocycles. The number of hydrogen-bond donors (Lipinski definition) is 0. The molecule has 0 aliphatic heterocycles. The van der Waals surface area contributed by atoms with Crippen LogP contribution < -0.4 is 0 Å². The second-order valence-corrected chi connectivity index (χ2v) is 6.14. The molecule has 1 unspecified atom stereocenters. The molecular formula is C15H22OS. The Hall–Kier alpha value is -0.890. The molecule has 17 heavy (non-hydrogen) atoms. The second-order valence-electron chi connectivity index (χ2n) is 4.52. The summed E-state index contributed by atoms with van der Waals surface area (Å²) in [5.74, 6) is 0. The molecule has 0 bridgehead atoms. The summed E-state index contributed by atoms with van der Waals surface area (Å²) in [6, 6.07) is 7.95. The zero-order valence-electron chi connectivity index (χ0n) is 11.2. The largest absolute Gasteiger partial charge is 0.249 e. The number of allylic oxidation sites excluding steroid dienone is 2. The monoisotopic (exact) mass is 250 g/mol. The third-order valence-corrected chi connectivity index (χ3v) is 4.62. The molecule has 0 saturated heterocycles. The van der Waals surface area contributed by atoms with E-state index in [2.05, 4.69) is 13.8 Å². The Labute approximate surface area is 107 Å². The van der Waals surface area contributed by atoms with Crippen molar-refractivity contribution in [1.82, 2.24) is 0 Å². The van der Waals surface area contributed by atoms with Crippen molar-refractivity contribution in [1.29, 1.82) is 0 Å². The highest BCUT2D eigenvalue weighted by molar-refractivity contribution is 7.89. The van der Waals surface area contributed by atoms with Gasteiger partial charge in [0.15, 0.2) is 0 Å². The summed E-state index contributed by atoms with van der Waals surface area (Å²) in [6.45, 7) is 8.31. The minimum Gasteiger partial charge on any atom is -0.249 e. The molecule has 0 radical (unpaired) electrons. The fourth-order valence-electron chi connectivity index (χ4n) is 1.61. The zero-order chi connectivity index (χ0) is 12.8. The normalized spacial score (nSPS) is 14.4. The molecule has 0 amide bonds. The summed E-state index contributed by atoms with van der Waals surface area (Å²) < 4.78 is 12.3. The number of aryl methyl sites for hydroxylation is 1. The molecule has 0 heterocycles. The Morgan fingerprint density at radius 1 is 1.18 bits per heavy atom. The van der Waals surface area contributed by atoms with E-state index in [1.807, 2.05) is 38.1 Å². The van der Waals surface area contributed by atoms with Gasteiger partial charge >= 0.3 is 0 Å². The molecule has 0 aliphatic rings. The first-order chi connectivity index (χ1) is 8.06. The number of rotatable bonds is 5. The van der Waals surface area contributed by atoms with Crippen molar-refractivity contribution >= 4 is 10.8 Å². The summed E-state index contributed by atoms with van der Waals surface area (Å²) in [5.41, 5.74) is 2.47. The maximum absolute atomic E-state index is 12.3. The Morgan fingerprint density at radius 3 is 2.29 bits per heavy atom. The van der Waals surface area contributed by atoms with Crippen molar-refractivity contribution in [3.63, 3.8) is 0 Å². The van der Waals surface area contributed by atoms with E-state index >= 15 is 0 Å². The molecule has 0 spiro atoms. The van der Waals surface area contributed by atoms with Gasteiger partial charge in [-0.2, -0.15) is 0 Å². The lowest BCUT2D eigenvalue weighted by molar-refractivity contribution is 0.685. The Balaban J connectivity index is 2.85. The highest BCUT2D eigenvalue weighted by atomic mass is 32.2. The SMILES string of the molecule is CCCC/C(C)=C(/C)S(=O)c1ccc(C)cc1. The number of benzene rings is 1. The minimum atomic E-state index is -0.990. The van der Waals surface area contributed by atoms with E-state index in [0.29, 0.717) is 0 Å². The lowest BCUT2D eigenvalue weighted by atomic mass is 10.1. The number of hydrogen-bond acceptors (Lipinski definition) is 1. The zero-order valence-corrected chi connectivity index (χ0v) is 12.1. The van der Waals surface area contributed by atoms with Crippen LogP contribution in [-0.4, -0.2) is 4.21 Å². The highest BCUT2D eigenvalue weighted by Crippen LogP contribution is 2.20. The van der Waals surface area contributed by atoms with Gasteiger partial charge in [-0.1, -0.05) is 36.6 Å². The third-order valence-electron chi connectivity index (χ3n) is 3.02. The van der Waals surface area contributed by atoms with E-state index < -0.39 is 10.8 Å². The summed E-state index contributed by atoms with van der Waals surface area (Å²) in [5, 5.41) is 0. The van der Waals surface area contributed by atoms with Crippen molar-refractivity contribution in [3.05, 3.63) is 40.3 Å². The summed E-state index contributed by atoms with van der Waals surface area (Å²) in [4.78, 5) is 1.92. The third kappa shape index (κ3) is 4.12. The van der Waals surface area contributed by atoms with Crippen LogP contribution in [0.3, 0.4) is 0 Å². The maximum atomic E-state index is 12.3. The van der Waals surface area contributed by atoms with E-state index in [4.69, 9.17) is 0 Å². The first-order valence-corrected chi connectivity index (χ1v) is 7.36. The molecule has 1 nitrogen and oxygen atoms in total. The van der Waals surface area contributed by atoms with Crippen LogP contribution in [0.2, 0.25) is 0 Å². The first-order valence-electron chi connectivity index (χ1n) is 6.21. The van der Waals surface area contributed by atoms with Crippen LogP contribution >= 0.6 is 0 Å². The Bertz CT molecular complexity index is 415. The fourth-order valence-corrected chi connectivity index (χ4v) is 2.77. The molecule has 1 atom stereocenters. The lowest BCUT2D eigenvalue weighted by Gasteiger charge is -2.08. The standard InChI is InChI=1S/C15H22OS/c1-5-6-7-13(3)14(4)17(16)15-10-8-12(2)9-11-15/h8-11H,5-7H2,1-4H3/b14-13-. The summed E-state index contributed by atoms with van der Waals surface area (Å²) in [6.07, 6.45) is 3.41. The van der Waals surface area contributed by atoms with Gasteiger partial charge in [0, 0.05) is 9.80 Å². The van der Waals surface area contributed by atoms with Crippen LogP contribution in [-0.2, 0) is 10.8 Å². The minimum absolute atomic E-state index is 0.906. The van der Waals surface area contributed by atoms with Crippen LogP contribution in [0.5, 0.6) is 0 Å². The van der Waals surface area contributed by atoms with Crippen LogP contribution in [0.4, 0.5) is 0 Å². The lowest BCUT2D eigenvalue weighted by Crippen LogP contribution is -1.96. The van der Waals surface area contributed by atoms with E-state index in [1.54, 1.807) is 0 Å². The van der Waals surface area contributed by atoms with Gasteiger partial charge in [-0.05, 0) is 45.7 Å². The second kappa shape index (κ2) is 6.75. The van der Waals surface area contributed by atoms with Crippen LogP contribution in [0.15, 0.2) is 39.6 Å². The van der Waals surface area contributed by atoms with Gasteiger partial charge in [0.1, 0.15) is 0 Å². The van der Waals surface area contributed by atoms with Crippen molar-refractivity contribution in [2.45, 2.75) is 51.9 Å². The van der Waals surface area contributed by atoms with Gasteiger partial charge < -0.3 is 0 Å². The maximum Gasteiger partial charge on any atom is 0.0804 e. The van der Waals surface area contributed by atoms with Gasteiger partial charge in [-0.25, -0.2) is 4.21 Å². The van der Waals surface area contributed by atoms with Gasteiger partial charge in [-0.15, -0.1) is 0 Å². The van der Waals surface area contributed by atoms with Crippen molar-refractivity contribution in [2.75, 3.05) is 0 Å². The molecule has 2 heteroatoms. The Morgan fingerprint density at radius 2 is 1.76 bits per heavy atom.